The molecule has 4 heteroatoms. The van der Waals surface area contributed by atoms with Crippen molar-refractivity contribution in [2.75, 3.05) is 0 Å². The summed E-state index contributed by atoms with van der Waals surface area (Å²) < 4.78 is 5.29. The van der Waals surface area contributed by atoms with Crippen LogP contribution in [0.25, 0.3) is 11.5 Å². The molecule has 1 aromatic carbocycles. The van der Waals surface area contributed by atoms with Crippen LogP contribution in [-0.2, 0) is 0 Å². The van der Waals surface area contributed by atoms with Crippen molar-refractivity contribution in [3.63, 3.8) is 0 Å². The Kier molecular flexibility index (Phi) is 3.24. The summed E-state index contributed by atoms with van der Waals surface area (Å²) in [5.74, 6) is 1.13. The van der Waals surface area contributed by atoms with E-state index in [0.29, 0.717) is 11.7 Å². The number of hydrogen-bond acceptors (Lipinski definition) is 4. The molecule has 1 aromatic heterocycles. The van der Waals surface area contributed by atoms with Crippen LogP contribution in [0.15, 0.2) is 22.7 Å². The minimum Gasteiger partial charge on any atom is -0.334 e. The van der Waals surface area contributed by atoms with E-state index in [1.807, 2.05) is 39.0 Å². The average molecular weight is 231 g/mol. The summed E-state index contributed by atoms with van der Waals surface area (Å²) in [7, 11) is 0. The monoisotopic (exact) mass is 231 g/mol. The second kappa shape index (κ2) is 4.67. The number of benzene rings is 1. The molecule has 1 heterocycles. The minimum atomic E-state index is -0.156. The highest BCUT2D eigenvalue weighted by Gasteiger charge is 2.16. The van der Waals surface area contributed by atoms with Crippen molar-refractivity contribution in [2.24, 2.45) is 5.73 Å². The predicted molar refractivity (Wildman–Crippen MR) is 66.4 cm³/mol. The molecule has 2 rings (SSSR count). The molecule has 0 fully saturated rings. The van der Waals surface area contributed by atoms with Crippen LogP contribution in [-0.4, -0.2) is 10.1 Å². The lowest BCUT2D eigenvalue weighted by molar-refractivity contribution is 0.414. The van der Waals surface area contributed by atoms with E-state index in [1.165, 1.54) is 0 Å². The van der Waals surface area contributed by atoms with E-state index >= 15 is 0 Å². The summed E-state index contributed by atoms with van der Waals surface area (Å²) >= 11 is 0. The van der Waals surface area contributed by atoms with Crippen molar-refractivity contribution in [3.05, 3.63) is 35.2 Å². The molecule has 1 atom stereocenters. The zero-order chi connectivity index (χ0) is 12.4. The highest BCUT2D eigenvalue weighted by Crippen LogP contribution is 2.26. The highest BCUT2D eigenvalue weighted by atomic mass is 16.5. The van der Waals surface area contributed by atoms with E-state index in [1.54, 1.807) is 0 Å². The van der Waals surface area contributed by atoms with Crippen molar-refractivity contribution in [1.29, 1.82) is 0 Å². The van der Waals surface area contributed by atoms with Gasteiger partial charge >= 0.3 is 0 Å². The fourth-order valence-corrected chi connectivity index (χ4v) is 1.82. The smallest absolute Gasteiger partial charge is 0.258 e. The Bertz CT molecular complexity index is 499. The molecule has 17 heavy (non-hydrogen) atoms. The number of aryl methyl sites for hydroxylation is 2. The largest absolute Gasteiger partial charge is 0.334 e. The van der Waals surface area contributed by atoms with Gasteiger partial charge in [-0.1, -0.05) is 30.3 Å². The van der Waals surface area contributed by atoms with Crippen LogP contribution in [0.1, 0.15) is 36.3 Å². The summed E-state index contributed by atoms with van der Waals surface area (Å²) in [6, 6.07) is 5.93. The first-order valence-corrected chi connectivity index (χ1v) is 5.79. The molecule has 2 aromatic rings. The molecule has 0 aliphatic rings. The molecule has 0 spiro atoms. The molecule has 4 nitrogen and oxygen atoms in total. The van der Waals surface area contributed by atoms with Crippen LogP contribution in [0.4, 0.5) is 0 Å². The predicted octanol–water partition coefficient (Wildman–Crippen LogP) is 2.76. The molecule has 2 N–H and O–H groups in total. The van der Waals surface area contributed by atoms with Gasteiger partial charge in [-0.25, -0.2) is 0 Å². The van der Waals surface area contributed by atoms with Crippen LogP contribution in [0, 0.1) is 13.8 Å². The second-order valence-electron chi connectivity index (χ2n) is 4.24. The average Bonchev–Trinajstić information content (AvgIpc) is 2.77. The first-order valence-electron chi connectivity index (χ1n) is 5.79. The van der Waals surface area contributed by atoms with Gasteiger partial charge in [0.1, 0.15) is 0 Å². The summed E-state index contributed by atoms with van der Waals surface area (Å²) in [6.45, 7) is 6.07. The van der Waals surface area contributed by atoms with Gasteiger partial charge in [-0.15, -0.1) is 0 Å². The summed E-state index contributed by atoms with van der Waals surface area (Å²) in [6.07, 6.45) is 0.797. The van der Waals surface area contributed by atoms with Gasteiger partial charge in [-0.05, 0) is 31.4 Å². The Balaban J connectivity index is 2.44. The maximum Gasteiger partial charge on any atom is 0.258 e. The third kappa shape index (κ3) is 2.22. The maximum atomic E-state index is 5.88. The fraction of sp³-hybridized carbons (Fsp3) is 0.385. The molecular formula is C13H17N3O. The van der Waals surface area contributed by atoms with Crippen LogP contribution in [0.5, 0.6) is 0 Å². The third-order valence-electron chi connectivity index (χ3n) is 2.91. The first kappa shape index (κ1) is 11.8. The Hall–Kier alpha value is -1.68. The Morgan fingerprint density at radius 1 is 1.29 bits per heavy atom. The highest BCUT2D eigenvalue weighted by molar-refractivity contribution is 5.62. The van der Waals surface area contributed by atoms with Crippen LogP contribution < -0.4 is 5.73 Å². The minimum absolute atomic E-state index is 0.156. The van der Waals surface area contributed by atoms with Crippen molar-refractivity contribution in [2.45, 2.75) is 33.2 Å². The van der Waals surface area contributed by atoms with E-state index in [4.69, 9.17) is 10.3 Å². The number of nitrogens with zero attached hydrogens (tertiary/aromatic N) is 2. The molecule has 0 bridgehead atoms. The van der Waals surface area contributed by atoms with Gasteiger partial charge in [0.05, 0.1) is 6.04 Å². The Morgan fingerprint density at radius 2 is 1.94 bits per heavy atom. The zero-order valence-corrected chi connectivity index (χ0v) is 10.4. The molecule has 1 unspecified atom stereocenters. The zero-order valence-electron chi connectivity index (χ0n) is 10.4. The number of aromatic nitrogens is 2. The quantitative estimate of drug-likeness (QED) is 0.882. The van der Waals surface area contributed by atoms with Crippen molar-refractivity contribution in [1.82, 2.24) is 10.1 Å². The molecule has 90 valence electrons. The van der Waals surface area contributed by atoms with E-state index in [0.717, 1.165) is 23.1 Å². The van der Waals surface area contributed by atoms with Crippen LogP contribution in [0.3, 0.4) is 0 Å². The molecule has 0 saturated carbocycles. The lowest BCUT2D eigenvalue weighted by atomic mass is 10.0. The number of nitrogens with two attached hydrogens (primary N) is 1. The maximum absolute atomic E-state index is 5.88. The van der Waals surface area contributed by atoms with E-state index in [2.05, 4.69) is 10.1 Å². The third-order valence-corrected chi connectivity index (χ3v) is 2.91. The van der Waals surface area contributed by atoms with Gasteiger partial charge in [-0.2, -0.15) is 4.98 Å². The summed E-state index contributed by atoms with van der Waals surface area (Å²) in [5, 5.41) is 3.93. The molecular weight excluding hydrogens is 214 g/mol. The van der Waals surface area contributed by atoms with Gasteiger partial charge in [0, 0.05) is 5.56 Å². The Labute approximate surface area is 101 Å². The molecule has 0 aliphatic heterocycles. The van der Waals surface area contributed by atoms with E-state index < -0.39 is 0 Å². The van der Waals surface area contributed by atoms with Gasteiger partial charge < -0.3 is 10.3 Å². The van der Waals surface area contributed by atoms with E-state index in [-0.39, 0.29) is 6.04 Å². The lowest BCUT2D eigenvalue weighted by Gasteiger charge is -2.04. The Morgan fingerprint density at radius 3 is 2.53 bits per heavy atom. The topological polar surface area (TPSA) is 64.9 Å². The van der Waals surface area contributed by atoms with Crippen molar-refractivity contribution >= 4 is 0 Å². The van der Waals surface area contributed by atoms with Crippen LogP contribution >= 0.6 is 0 Å². The normalized spacial score (nSPS) is 12.7. The van der Waals surface area contributed by atoms with Crippen molar-refractivity contribution in [3.8, 4) is 11.5 Å². The first-order chi connectivity index (χ1) is 8.13. The summed E-state index contributed by atoms with van der Waals surface area (Å²) in [5.41, 5.74) is 9.15. The van der Waals surface area contributed by atoms with Crippen molar-refractivity contribution < 1.29 is 4.52 Å². The van der Waals surface area contributed by atoms with Gasteiger partial charge in [0.2, 0.25) is 0 Å². The standard InChI is InChI=1S/C13H17N3O/c1-4-10(14)12-15-13(17-16-12)11-8(2)6-5-7-9(11)3/h5-7,10H,4,14H2,1-3H3. The fourth-order valence-electron chi connectivity index (χ4n) is 1.82. The lowest BCUT2D eigenvalue weighted by Crippen LogP contribution is -2.10. The molecule has 0 saturated heterocycles. The molecule has 0 radical (unpaired) electrons. The van der Waals surface area contributed by atoms with E-state index in [9.17, 15) is 0 Å². The molecule has 0 aliphatic carbocycles. The molecule has 0 amide bonds. The number of rotatable bonds is 3. The van der Waals surface area contributed by atoms with Gasteiger partial charge in [0.15, 0.2) is 5.82 Å². The summed E-state index contributed by atoms with van der Waals surface area (Å²) in [4.78, 5) is 4.37. The van der Waals surface area contributed by atoms with Gasteiger partial charge in [0.25, 0.3) is 5.89 Å². The van der Waals surface area contributed by atoms with Crippen LogP contribution in [0.2, 0.25) is 0 Å². The number of hydrogen-bond donors (Lipinski definition) is 1. The SMILES string of the molecule is CCC(N)c1noc(-c2c(C)cccc2C)n1. The second-order valence-corrected chi connectivity index (χ2v) is 4.24. The van der Waals surface area contributed by atoms with Gasteiger partial charge in [-0.3, -0.25) is 0 Å².